The van der Waals surface area contributed by atoms with Crippen LogP contribution in [0.5, 0.6) is 0 Å². The predicted octanol–water partition coefficient (Wildman–Crippen LogP) is 1.97. The fourth-order valence-electron chi connectivity index (χ4n) is 1.49. The highest BCUT2D eigenvalue weighted by molar-refractivity contribution is 6.30. The van der Waals surface area contributed by atoms with Crippen LogP contribution in [-0.4, -0.2) is 12.6 Å². The molecule has 2 rings (SSSR count). The van der Waals surface area contributed by atoms with Gasteiger partial charge in [-0.1, -0.05) is 11.6 Å². The van der Waals surface area contributed by atoms with Gasteiger partial charge in [-0.15, -0.1) is 0 Å². The predicted molar refractivity (Wildman–Crippen MR) is 50.6 cm³/mol. The molecule has 1 saturated heterocycles. The normalized spacial score (nSPS) is 19.9. The third-order valence-electron chi connectivity index (χ3n) is 2.20. The van der Waals surface area contributed by atoms with Crippen LogP contribution in [0.15, 0.2) is 12.1 Å². The molecule has 0 radical (unpaired) electrons. The van der Waals surface area contributed by atoms with E-state index < -0.39 is 23.7 Å². The number of benzene rings is 1. The SMILES string of the molecule is O=C1NC[C@@H](c2c(F)ccc(Cl)c2F)N1. The highest BCUT2D eigenvalue weighted by Crippen LogP contribution is 2.27. The molecule has 15 heavy (non-hydrogen) atoms. The second-order valence-corrected chi connectivity index (χ2v) is 3.57. The minimum Gasteiger partial charge on any atom is -0.336 e. The van der Waals surface area contributed by atoms with Crippen LogP contribution in [0.4, 0.5) is 13.6 Å². The molecule has 1 aromatic carbocycles. The lowest BCUT2D eigenvalue weighted by molar-refractivity contribution is 0.247. The minimum absolute atomic E-state index is 0.146. The molecule has 1 aromatic rings. The molecule has 2 amide bonds. The summed E-state index contributed by atoms with van der Waals surface area (Å²) in [7, 11) is 0. The summed E-state index contributed by atoms with van der Waals surface area (Å²) in [6, 6.07) is 1.06. The summed E-state index contributed by atoms with van der Waals surface area (Å²) in [5, 5.41) is 4.65. The van der Waals surface area contributed by atoms with E-state index >= 15 is 0 Å². The second-order valence-electron chi connectivity index (χ2n) is 3.16. The Labute approximate surface area is 89.4 Å². The number of urea groups is 1. The van der Waals surface area contributed by atoms with Crippen LogP contribution < -0.4 is 10.6 Å². The Hall–Kier alpha value is -1.36. The Morgan fingerprint density at radius 2 is 2.13 bits per heavy atom. The molecule has 0 saturated carbocycles. The van der Waals surface area contributed by atoms with Crippen LogP contribution in [-0.2, 0) is 0 Å². The number of hydrogen-bond donors (Lipinski definition) is 2. The first-order valence-corrected chi connectivity index (χ1v) is 4.65. The zero-order chi connectivity index (χ0) is 11.0. The summed E-state index contributed by atoms with van der Waals surface area (Å²) < 4.78 is 26.8. The van der Waals surface area contributed by atoms with Gasteiger partial charge in [0.05, 0.1) is 11.1 Å². The Bertz CT molecular complexity index is 425. The fourth-order valence-corrected chi connectivity index (χ4v) is 1.66. The zero-order valence-corrected chi connectivity index (χ0v) is 8.24. The smallest absolute Gasteiger partial charge is 0.315 e. The molecule has 1 aliphatic heterocycles. The first-order valence-electron chi connectivity index (χ1n) is 4.27. The molecular weight excluding hydrogens is 226 g/mol. The summed E-state index contributed by atoms with van der Waals surface area (Å²) in [6.45, 7) is 0.146. The summed E-state index contributed by atoms with van der Waals surface area (Å²) in [4.78, 5) is 10.8. The molecule has 0 bridgehead atoms. The monoisotopic (exact) mass is 232 g/mol. The molecule has 1 aliphatic rings. The Morgan fingerprint density at radius 1 is 1.40 bits per heavy atom. The summed E-state index contributed by atoms with van der Waals surface area (Å²) in [6.07, 6.45) is 0. The standard InChI is InChI=1S/C9H7ClF2N2O/c10-4-1-2-5(11)7(8(4)12)6-3-13-9(15)14-6/h1-2,6H,3H2,(H2,13,14,15)/t6-/m0/s1. The lowest BCUT2D eigenvalue weighted by atomic mass is 10.1. The van der Waals surface area contributed by atoms with Crippen LogP contribution in [0.1, 0.15) is 11.6 Å². The first-order chi connectivity index (χ1) is 7.09. The zero-order valence-electron chi connectivity index (χ0n) is 7.48. The first kappa shape index (κ1) is 10.2. The number of carbonyl (C=O) groups is 1. The van der Waals surface area contributed by atoms with Gasteiger partial charge in [0.15, 0.2) is 0 Å². The molecule has 2 N–H and O–H groups in total. The highest BCUT2D eigenvalue weighted by Gasteiger charge is 2.28. The average molecular weight is 233 g/mol. The van der Waals surface area contributed by atoms with E-state index in [2.05, 4.69) is 10.6 Å². The quantitative estimate of drug-likeness (QED) is 0.715. The molecule has 80 valence electrons. The highest BCUT2D eigenvalue weighted by atomic mass is 35.5. The topological polar surface area (TPSA) is 41.1 Å². The van der Waals surface area contributed by atoms with Crippen molar-refractivity contribution < 1.29 is 13.6 Å². The van der Waals surface area contributed by atoms with E-state index in [1.807, 2.05) is 0 Å². The third-order valence-corrected chi connectivity index (χ3v) is 2.49. The molecule has 0 aromatic heterocycles. The number of carbonyl (C=O) groups excluding carboxylic acids is 1. The lowest BCUT2D eigenvalue weighted by Gasteiger charge is -2.11. The van der Waals surface area contributed by atoms with E-state index in [4.69, 9.17) is 11.6 Å². The van der Waals surface area contributed by atoms with E-state index in [1.165, 1.54) is 0 Å². The third kappa shape index (κ3) is 1.74. The second kappa shape index (κ2) is 3.66. The average Bonchev–Trinajstić information content (AvgIpc) is 2.59. The maximum absolute atomic E-state index is 13.5. The Morgan fingerprint density at radius 3 is 2.73 bits per heavy atom. The van der Waals surface area contributed by atoms with Crippen LogP contribution in [0.25, 0.3) is 0 Å². The van der Waals surface area contributed by atoms with Crippen molar-refractivity contribution in [2.75, 3.05) is 6.54 Å². The van der Waals surface area contributed by atoms with Crippen LogP contribution in [0.2, 0.25) is 5.02 Å². The maximum Gasteiger partial charge on any atom is 0.315 e. The van der Waals surface area contributed by atoms with Crippen molar-refractivity contribution in [2.45, 2.75) is 6.04 Å². The van der Waals surface area contributed by atoms with Crippen molar-refractivity contribution >= 4 is 17.6 Å². The molecule has 6 heteroatoms. The molecule has 0 spiro atoms. The van der Waals surface area contributed by atoms with Gasteiger partial charge in [-0.2, -0.15) is 0 Å². The van der Waals surface area contributed by atoms with E-state index in [0.29, 0.717) is 0 Å². The maximum atomic E-state index is 13.5. The minimum atomic E-state index is -0.828. The molecular formula is C9H7ClF2N2O. The molecule has 0 unspecified atom stereocenters. The number of amides is 2. The lowest BCUT2D eigenvalue weighted by Crippen LogP contribution is -2.22. The van der Waals surface area contributed by atoms with Gasteiger partial charge in [-0.25, -0.2) is 13.6 Å². The molecule has 1 heterocycles. The molecule has 0 aliphatic carbocycles. The van der Waals surface area contributed by atoms with Gasteiger partial charge < -0.3 is 10.6 Å². The fraction of sp³-hybridized carbons (Fsp3) is 0.222. The van der Waals surface area contributed by atoms with E-state index in [9.17, 15) is 13.6 Å². The van der Waals surface area contributed by atoms with Crippen molar-refractivity contribution in [2.24, 2.45) is 0 Å². The van der Waals surface area contributed by atoms with Gasteiger partial charge in [-0.3, -0.25) is 0 Å². The van der Waals surface area contributed by atoms with Crippen molar-refractivity contribution in [1.29, 1.82) is 0 Å². The summed E-state index contributed by atoms with van der Waals surface area (Å²) in [5.74, 6) is -1.54. The molecule has 3 nitrogen and oxygen atoms in total. The van der Waals surface area contributed by atoms with Crippen molar-refractivity contribution in [3.05, 3.63) is 34.4 Å². The van der Waals surface area contributed by atoms with Crippen molar-refractivity contribution in [3.8, 4) is 0 Å². The van der Waals surface area contributed by atoms with Crippen LogP contribution >= 0.6 is 11.6 Å². The van der Waals surface area contributed by atoms with Crippen molar-refractivity contribution in [1.82, 2.24) is 10.6 Å². The van der Waals surface area contributed by atoms with E-state index in [0.717, 1.165) is 12.1 Å². The number of halogens is 3. The number of hydrogen-bond acceptors (Lipinski definition) is 1. The van der Waals surface area contributed by atoms with Crippen LogP contribution in [0, 0.1) is 11.6 Å². The van der Waals surface area contributed by atoms with Gasteiger partial charge in [0.25, 0.3) is 0 Å². The van der Waals surface area contributed by atoms with Gasteiger partial charge >= 0.3 is 6.03 Å². The number of rotatable bonds is 1. The number of nitrogens with one attached hydrogen (secondary N) is 2. The Kier molecular flexibility index (Phi) is 2.48. The molecule has 1 fully saturated rings. The van der Waals surface area contributed by atoms with Gasteiger partial charge in [0.2, 0.25) is 0 Å². The van der Waals surface area contributed by atoms with Crippen molar-refractivity contribution in [3.63, 3.8) is 0 Å². The summed E-state index contributed by atoms with van der Waals surface area (Å²) in [5.41, 5.74) is -0.208. The van der Waals surface area contributed by atoms with Gasteiger partial charge in [0, 0.05) is 12.1 Å². The summed E-state index contributed by atoms with van der Waals surface area (Å²) >= 11 is 5.53. The van der Waals surface area contributed by atoms with E-state index in [-0.39, 0.29) is 17.1 Å². The largest absolute Gasteiger partial charge is 0.336 e. The van der Waals surface area contributed by atoms with Gasteiger partial charge in [0.1, 0.15) is 11.6 Å². The molecule has 1 atom stereocenters. The Balaban J connectivity index is 2.43. The van der Waals surface area contributed by atoms with E-state index in [1.54, 1.807) is 0 Å². The van der Waals surface area contributed by atoms with Gasteiger partial charge in [-0.05, 0) is 12.1 Å². The van der Waals surface area contributed by atoms with Crippen LogP contribution in [0.3, 0.4) is 0 Å².